The molecule has 94 valence electrons. The van der Waals surface area contributed by atoms with Gasteiger partial charge < -0.3 is 10.2 Å². The molecule has 0 saturated carbocycles. The van der Waals surface area contributed by atoms with Crippen molar-refractivity contribution >= 4 is 23.3 Å². The molecule has 2 rings (SSSR count). The quantitative estimate of drug-likeness (QED) is 0.895. The molecule has 0 atom stereocenters. The van der Waals surface area contributed by atoms with E-state index in [9.17, 15) is 4.79 Å². The summed E-state index contributed by atoms with van der Waals surface area (Å²) in [5.74, 6) is 0. The van der Waals surface area contributed by atoms with Gasteiger partial charge in [-0.15, -0.1) is 0 Å². The minimum atomic E-state index is -0.182. The Morgan fingerprint density at radius 1 is 1.44 bits per heavy atom. The second-order valence-electron chi connectivity index (χ2n) is 3.90. The topological polar surface area (TPSA) is 61.0 Å². The lowest BCUT2D eigenvalue weighted by Gasteiger charge is -2.17. The molecular formula is C12H13ClN4O. The fourth-order valence-corrected chi connectivity index (χ4v) is 1.59. The molecule has 0 fully saturated rings. The van der Waals surface area contributed by atoms with E-state index in [1.807, 2.05) is 0 Å². The summed E-state index contributed by atoms with van der Waals surface area (Å²) in [6.45, 7) is 0.496. The van der Waals surface area contributed by atoms with E-state index in [0.29, 0.717) is 17.3 Å². The number of rotatable bonds is 3. The van der Waals surface area contributed by atoms with E-state index in [1.165, 1.54) is 0 Å². The van der Waals surface area contributed by atoms with Gasteiger partial charge >= 0.3 is 6.03 Å². The Labute approximate surface area is 110 Å². The third-order valence-corrected chi connectivity index (χ3v) is 2.67. The van der Waals surface area contributed by atoms with E-state index in [4.69, 9.17) is 11.6 Å². The molecule has 0 saturated heterocycles. The molecule has 5 nitrogen and oxygen atoms in total. The molecule has 1 aromatic carbocycles. The smallest absolute Gasteiger partial charge is 0.321 e. The zero-order valence-corrected chi connectivity index (χ0v) is 10.6. The summed E-state index contributed by atoms with van der Waals surface area (Å²) in [6, 6.07) is 6.79. The number of nitrogens with zero attached hydrogens (tertiary/aromatic N) is 2. The van der Waals surface area contributed by atoms with E-state index in [2.05, 4.69) is 15.5 Å². The Hall–Kier alpha value is -2.01. The molecule has 0 aliphatic rings. The summed E-state index contributed by atoms with van der Waals surface area (Å²) in [5, 5.41) is 9.95. The van der Waals surface area contributed by atoms with Crippen molar-refractivity contribution in [3.8, 4) is 0 Å². The Balaban J connectivity index is 1.93. The highest BCUT2D eigenvalue weighted by Crippen LogP contribution is 2.14. The summed E-state index contributed by atoms with van der Waals surface area (Å²) < 4.78 is 0. The first-order chi connectivity index (χ1) is 8.65. The molecule has 1 heterocycles. The van der Waals surface area contributed by atoms with Crippen molar-refractivity contribution in [3.63, 3.8) is 0 Å². The van der Waals surface area contributed by atoms with Crippen LogP contribution in [0, 0.1) is 0 Å². The van der Waals surface area contributed by atoms with Gasteiger partial charge in [-0.2, -0.15) is 5.10 Å². The number of halogens is 1. The predicted molar refractivity (Wildman–Crippen MR) is 70.5 cm³/mol. The van der Waals surface area contributed by atoms with Gasteiger partial charge in [-0.3, -0.25) is 5.10 Å². The number of hydrogen-bond donors (Lipinski definition) is 2. The molecular weight excluding hydrogens is 252 g/mol. The molecule has 0 unspecified atom stereocenters. The van der Waals surface area contributed by atoms with Crippen LogP contribution in [0.15, 0.2) is 36.7 Å². The van der Waals surface area contributed by atoms with Crippen molar-refractivity contribution in [2.45, 2.75) is 6.54 Å². The van der Waals surface area contributed by atoms with E-state index in [-0.39, 0.29) is 6.03 Å². The number of carbonyl (C=O) groups is 1. The Kier molecular flexibility index (Phi) is 3.84. The number of anilines is 1. The molecule has 0 aliphatic heterocycles. The maximum atomic E-state index is 11.9. The van der Waals surface area contributed by atoms with Crippen LogP contribution in [0.4, 0.5) is 10.5 Å². The number of benzene rings is 1. The van der Waals surface area contributed by atoms with Crippen molar-refractivity contribution in [3.05, 3.63) is 47.2 Å². The summed E-state index contributed by atoms with van der Waals surface area (Å²) in [6.07, 6.45) is 3.44. The zero-order valence-electron chi connectivity index (χ0n) is 9.85. The van der Waals surface area contributed by atoms with Gasteiger partial charge in [0.25, 0.3) is 0 Å². The van der Waals surface area contributed by atoms with Gasteiger partial charge in [0.15, 0.2) is 0 Å². The average molecular weight is 265 g/mol. The highest BCUT2D eigenvalue weighted by molar-refractivity contribution is 6.30. The van der Waals surface area contributed by atoms with Crippen LogP contribution in [0.1, 0.15) is 5.56 Å². The largest absolute Gasteiger partial charge is 0.323 e. The van der Waals surface area contributed by atoms with Crippen molar-refractivity contribution in [1.29, 1.82) is 0 Å². The number of aromatic nitrogens is 2. The molecule has 0 spiro atoms. The summed E-state index contributed by atoms with van der Waals surface area (Å²) in [5.41, 5.74) is 1.66. The maximum Gasteiger partial charge on any atom is 0.321 e. The molecule has 0 bridgehead atoms. The van der Waals surface area contributed by atoms with Gasteiger partial charge in [0, 0.05) is 29.5 Å². The Morgan fingerprint density at radius 2 is 2.17 bits per heavy atom. The first kappa shape index (κ1) is 12.4. The highest BCUT2D eigenvalue weighted by Gasteiger charge is 2.09. The van der Waals surface area contributed by atoms with Crippen LogP contribution in [-0.2, 0) is 6.54 Å². The van der Waals surface area contributed by atoms with Crippen LogP contribution in [0.2, 0.25) is 5.02 Å². The number of urea groups is 1. The van der Waals surface area contributed by atoms with Gasteiger partial charge in [-0.25, -0.2) is 4.79 Å². The predicted octanol–water partition coefficient (Wildman–Crippen LogP) is 2.73. The number of aromatic amines is 1. The lowest BCUT2D eigenvalue weighted by molar-refractivity contribution is 0.220. The van der Waals surface area contributed by atoms with Crippen LogP contribution in [0.3, 0.4) is 0 Å². The van der Waals surface area contributed by atoms with Crippen molar-refractivity contribution in [2.75, 3.05) is 12.4 Å². The molecule has 6 heteroatoms. The van der Waals surface area contributed by atoms with Crippen LogP contribution in [0.25, 0.3) is 0 Å². The van der Waals surface area contributed by atoms with Crippen LogP contribution >= 0.6 is 11.6 Å². The molecule has 0 aliphatic carbocycles. The lowest BCUT2D eigenvalue weighted by atomic mass is 10.3. The Bertz CT molecular complexity index is 509. The number of nitrogens with one attached hydrogen (secondary N) is 2. The summed E-state index contributed by atoms with van der Waals surface area (Å²) in [7, 11) is 1.72. The highest BCUT2D eigenvalue weighted by atomic mass is 35.5. The SMILES string of the molecule is CN(Cc1cn[nH]c1)C(=O)Nc1ccc(Cl)cc1. The van der Waals surface area contributed by atoms with Crippen LogP contribution in [-0.4, -0.2) is 28.2 Å². The van der Waals surface area contributed by atoms with Gasteiger partial charge in [-0.1, -0.05) is 11.6 Å². The third-order valence-electron chi connectivity index (χ3n) is 2.42. The van der Waals surface area contributed by atoms with E-state index >= 15 is 0 Å². The number of hydrogen-bond acceptors (Lipinski definition) is 2. The minimum Gasteiger partial charge on any atom is -0.323 e. The van der Waals surface area contributed by atoms with Gasteiger partial charge in [0.05, 0.1) is 12.7 Å². The normalized spacial score (nSPS) is 10.1. The van der Waals surface area contributed by atoms with E-state index in [0.717, 1.165) is 5.56 Å². The van der Waals surface area contributed by atoms with E-state index in [1.54, 1.807) is 48.6 Å². The number of carbonyl (C=O) groups excluding carboxylic acids is 1. The van der Waals surface area contributed by atoms with Crippen molar-refractivity contribution in [2.24, 2.45) is 0 Å². The van der Waals surface area contributed by atoms with Gasteiger partial charge in [0.1, 0.15) is 0 Å². The van der Waals surface area contributed by atoms with E-state index < -0.39 is 0 Å². The zero-order chi connectivity index (χ0) is 13.0. The monoisotopic (exact) mass is 264 g/mol. The average Bonchev–Trinajstić information content (AvgIpc) is 2.85. The van der Waals surface area contributed by atoms with Crippen LogP contribution in [0.5, 0.6) is 0 Å². The number of H-pyrrole nitrogens is 1. The fraction of sp³-hybridized carbons (Fsp3) is 0.167. The first-order valence-corrected chi connectivity index (χ1v) is 5.78. The molecule has 18 heavy (non-hydrogen) atoms. The molecule has 1 aromatic heterocycles. The third kappa shape index (κ3) is 3.24. The molecule has 2 N–H and O–H groups in total. The molecule has 2 aromatic rings. The lowest BCUT2D eigenvalue weighted by Crippen LogP contribution is -2.30. The fourth-order valence-electron chi connectivity index (χ4n) is 1.46. The Morgan fingerprint density at radius 3 is 2.78 bits per heavy atom. The minimum absolute atomic E-state index is 0.182. The first-order valence-electron chi connectivity index (χ1n) is 5.40. The van der Waals surface area contributed by atoms with Gasteiger partial charge in [0.2, 0.25) is 0 Å². The molecule has 0 radical (unpaired) electrons. The van der Waals surface area contributed by atoms with Gasteiger partial charge in [-0.05, 0) is 24.3 Å². The maximum absolute atomic E-state index is 11.9. The summed E-state index contributed by atoms with van der Waals surface area (Å²) >= 11 is 5.77. The standard InChI is InChI=1S/C12H13ClN4O/c1-17(8-9-6-14-15-7-9)12(18)16-11-4-2-10(13)3-5-11/h2-7H,8H2,1H3,(H,14,15)(H,16,18). The summed E-state index contributed by atoms with van der Waals surface area (Å²) in [4.78, 5) is 13.4. The second-order valence-corrected chi connectivity index (χ2v) is 4.34. The number of amides is 2. The van der Waals surface area contributed by atoms with Crippen molar-refractivity contribution in [1.82, 2.24) is 15.1 Å². The second kappa shape index (κ2) is 5.55. The molecule has 2 amide bonds. The van der Waals surface area contributed by atoms with Crippen molar-refractivity contribution < 1.29 is 4.79 Å². The van der Waals surface area contributed by atoms with Crippen LogP contribution < -0.4 is 5.32 Å².